The van der Waals surface area contributed by atoms with E-state index in [1.54, 1.807) is 0 Å². The van der Waals surface area contributed by atoms with Gasteiger partial charge in [0.1, 0.15) is 0 Å². The minimum atomic E-state index is -2.56. The van der Waals surface area contributed by atoms with Crippen LogP contribution in [0.3, 0.4) is 0 Å². The molecule has 1 saturated heterocycles. The van der Waals surface area contributed by atoms with Crippen LogP contribution >= 0.6 is 0 Å². The summed E-state index contributed by atoms with van der Waals surface area (Å²) >= 11 is 0. The Morgan fingerprint density at radius 3 is 1.82 bits per heavy atom. The van der Waals surface area contributed by atoms with E-state index < -0.39 is 18.0 Å². The monoisotopic (exact) mass is 166 g/mol. The number of halogens is 2. The van der Waals surface area contributed by atoms with Crippen molar-refractivity contribution in [2.24, 2.45) is 0 Å². The molecule has 1 aliphatic rings. The lowest BCUT2D eigenvalue weighted by Gasteiger charge is -2.21. The molecular formula is C6H8F2O3. The minimum absolute atomic E-state index is 0.197. The first-order chi connectivity index (χ1) is 4.89. The summed E-state index contributed by atoms with van der Waals surface area (Å²) in [5.74, 6) is -5.11. The van der Waals surface area contributed by atoms with Gasteiger partial charge in [0.05, 0.1) is 0 Å². The van der Waals surface area contributed by atoms with Crippen molar-refractivity contribution in [3.63, 3.8) is 0 Å². The predicted octanol–water partition coefficient (Wildman–Crippen LogP) is 0.930. The molecule has 3 nitrogen and oxygen atoms in total. The van der Waals surface area contributed by atoms with Crippen molar-refractivity contribution >= 4 is 6.29 Å². The SMILES string of the molecule is CC1(F)OC(C=O)OC1(C)F. The molecule has 0 aromatic heterocycles. The highest BCUT2D eigenvalue weighted by atomic mass is 19.2. The molecule has 0 amide bonds. The smallest absolute Gasteiger partial charge is 0.268 e. The van der Waals surface area contributed by atoms with Gasteiger partial charge in [-0.2, -0.15) is 0 Å². The first-order valence-corrected chi connectivity index (χ1v) is 3.08. The maximum atomic E-state index is 12.9. The number of aldehydes is 1. The Kier molecular flexibility index (Phi) is 1.72. The van der Waals surface area contributed by atoms with Crippen molar-refractivity contribution in [3.05, 3.63) is 0 Å². The molecule has 0 N–H and O–H groups in total. The number of alkyl halides is 2. The number of rotatable bonds is 1. The average Bonchev–Trinajstić information content (AvgIpc) is 2.03. The molecule has 1 rings (SSSR count). The summed E-state index contributed by atoms with van der Waals surface area (Å²) < 4.78 is 34.5. The number of hydrogen-bond acceptors (Lipinski definition) is 3. The molecular weight excluding hydrogens is 158 g/mol. The summed E-state index contributed by atoms with van der Waals surface area (Å²) in [6, 6.07) is 0. The van der Waals surface area contributed by atoms with Gasteiger partial charge in [0.2, 0.25) is 6.29 Å². The highest BCUT2D eigenvalue weighted by Gasteiger charge is 2.57. The minimum Gasteiger partial charge on any atom is -0.304 e. The zero-order valence-electron chi connectivity index (χ0n) is 6.14. The molecule has 0 saturated carbocycles. The van der Waals surface area contributed by atoms with Crippen LogP contribution in [0.2, 0.25) is 0 Å². The van der Waals surface area contributed by atoms with Crippen molar-refractivity contribution in [2.45, 2.75) is 31.8 Å². The zero-order valence-corrected chi connectivity index (χ0v) is 6.14. The van der Waals surface area contributed by atoms with Crippen molar-refractivity contribution in [1.29, 1.82) is 0 Å². The first kappa shape index (κ1) is 8.55. The fraction of sp³-hybridized carbons (Fsp3) is 0.833. The molecule has 5 heteroatoms. The number of carbonyl (C=O) groups is 1. The zero-order chi connectivity index (χ0) is 8.70. The fourth-order valence-electron chi connectivity index (χ4n) is 0.726. The van der Waals surface area contributed by atoms with Gasteiger partial charge in [0, 0.05) is 13.8 Å². The summed E-state index contributed by atoms with van der Waals surface area (Å²) in [6.45, 7) is 1.74. The molecule has 0 aromatic carbocycles. The Hall–Kier alpha value is -0.550. The van der Waals surface area contributed by atoms with Gasteiger partial charge in [-0.05, 0) is 0 Å². The number of ether oxygens (including phenoxy) is 2. The van der Waals surface area contributed by atoms with E-state index >= 15 is 0 Å². The van der Waals surface area contributed by atoms with Crippen molar-refractivity contribution < 1.29 is 23.0 Å². The Labute approximate surface area is 62.3 Å². The molecule has 2 unspecified atom stereocenters. The molecule has 0 bridgehead atoms. The lowest BCUT2D eigenvalue weighted by atomic mass is 10.2. The van der Waals surface area contributed by atoms with Gasteiger partial charge in [-0.3, -0.25) is 4.79 Å². The summed E-state index contributed by atoms with van der Waals surface area (Å²) in [6.07, 6.45) is -1.25. The standard InChI is InChI=1S/C6H8F2O3/c1-5(7)6(2,8)11-4(3-9)10-5/h3-4H,1-2H3. The van der Waals surface area contributed by atoms with Crippen LogP contribution in [-0.4, -0.2) is 24.3 Å². The van der Waals surface area contributed by atoms with E-state index in [4.69, 9.17) is 0 Å². The Morgan fingerprint density at radius 1 is 1.27 bits per heavy atom. The summed E-state index contributed by atoms with van der Waals surface area (Å²) in [7, 11) is 0. The summed E-state index contributed by atoms with van der Waals surface area (Å²) in [4.78, 5) is 10.00. The van der Waals surface area contributed by atoms with Crippen LogP contribution in [0.1, 0.15) is 13.8 Å². The number of hydrogen-bond donors (Lipinski definition) is 0. The van der Waals surface area contributed by atoms with Gasteiger partial charge in [-0.25, -0.2) is 8.78 Å². The Morgan fingerprint density at radius 2 is 1.64 bits per heavy atom. The normalized spacial score (nSPS) is 51.1. The second kappa shape index (κ2) is 2.22. The summed E-state index contributed by atoms with van der Waals surface area (Å²) in [5.41, 5.74) is 0. The lowest BCUT2D eigenvalue weighted by Crippen LogP contribution is -2.39. The van der Waals surface area contributed by atoms with Crippen molar-refractivity contribution in [2.75, 3.05) is 0 Å². The second-order valence-corrected chi connectivity index (χ2v) is 2.57. The van der Waals surface area contributed by atoms with E-state index in [0.717, 1.165) is 13.8 Å². The highest BCUT2D eigenvalue weighted by Crippen LogP contribution is 2.40. The predicted molar refractivity (Wildman–Crippen MR) is 31.0 cm³/mol. The molecule has 1 heterocycles. The van der Waals surface area contributed by atoms with Crippen molar-refractivity contribution in [1.82, 2.24) is 0 Å². The average molecular weight is 166 g/mol. The van der Waals surface area contributed by atoms with Crippen molar-refractivity contribution in [3.8, 4) is 0 Å². The highest BCUT2D eigenvalue weighted by molar-refractivity contribution is 5.54. The topological polar surface area (TPSA) is 35.5 Å². The van der Waals surface area contributed by atoms with Crippen LogP contribution < -0.4 is 0 Å². The molecule has 0 aliphatic carbocycles. The Balaban J connectivity index is 2.79. The van der Waals surface area contributed by atoms with E-state index in [1.807, 2.05) is 0 Å². The van der Waals surface area contributed by atoms with Gasteiger partial charge in [0.15, 0.2) is 6.29 Å². The van der Waals surface area contributed by atoms with Gasteiger partial charge in [0.25, 0.3) is 11.7 Å². The van der Waals surface area contributed by atoms with Crippen LogP contribution in [0, 0.1) is 0 Å². The second-order valence-electron chi connectivity index (χ2n) is 2.57. The maximum Gasteiger partial charge on any atom is 0.268 e. The van der Waals surface area contributed by atoms with Crippen LogP contribution in [0.4, 0.5) is 8.78 Å². The van der Waals surface area contributed by atoms with Gasteiger partial charge < -0.3 is 9.47 Å². The fourth-order valence-corrected chi connectivity index (χ4v) is 0.726. The molecule has 0 aromatic rings. The third-order valence-corrected chi connectivity index (χ3v) is 1.58. The van der Waals surface area contributed by atoms with Crippen LogP contribution in [0.15, 0.2) is 0 Å². The third-order valence-electron chi connectivity index (χ3n) is 1.58. The first-order valence-electron chi connectivity index (χ1n) is 3.08. The van der Waals surface area contributed by atoms with Crippen LogP contribution in [0.5, 0.6) is 0 Å². The third kappa shape index (κ3) is 1.25. The molecule has 1 fully saturated rings. The molecule has 11 heavy (non-hydrogen) atoms. The molecule has 2 atom stereocenters. The molecule has 0 radical (unpaired) electrons. The van der Waals surface area contributed by atoms with E-state index in [9.17, 15) is 13.6 Å². The van der Waals surface area contributed by atoms with Crippen LogP contribution in [-0.2, 0) is 14.3 Å². The molecule has 64 valence electrons. The maximum absolute atomic E-state index is 12.9. The van der Waals surface area contributed by atoms with Gasteiger partial charge in [-0.1, -0.05) is 0 Å². The lowest BCUT2D eigenvalue weighted by molar-refractivity contribution is -0.191. The molecule has 1 aliphatic heterocycles. The van der Waals surface area contributed by atoms with E-state index in [-0.39, 0.29) is 6.29 Å². The quantitative estimate of drug-likeness (QED) is 0.543. The largest absolute Gasteiger partial charge is 0.304 e. The molecule has 0 spiro atoms. The van der Waals surface area contributed by atoms with Gasteiger partial charge in [-0.15, -0.1) is 0 Å². The van der Waals surface area contributed by atoms with E-state index in [2.05, 4.69) is 9.47 Å². The van der Waals surface area contributed by atoms with Crippen LogP contribution in [0.25, 0.3) is 0 Å². The Bertz CT molecular complexity index is 163. The summed E-state index contributed by atoms with van der Waals surface area (Å²) in [5, 5.41) is 0. The van der Waals surface area contributed by atoms with Gasteiger partial charge >= 0.3 is 0 Å². The van der Waals surface area contributed by atoms with E-state index in [1.165, 1.54) is 0 Å². The van der Waals surface area contributed by atoms with E-state index in [0.29, 0.717) is 0 Å². The number of carbonyl (C=O) groups excluding carboxylic acids is 1.